The van der Waals surface area contributed by atoms with Gasteiger partial charge in [-0.15, -0.1) is 0 Å². The van der Waals surface area contributed by atoms with Gasteiger partial charge in [0.15, 0.2) is 0 Å². The monoisotopic (exact) mass is 183 g/mol. The van der Waals surface area contributed by atoms with Crippen molar-refractivity contribution in [1.29, 1.82) is 0 Å². The molecule has 2 aliphatic heterocycles. The molecule has 0 N–H and O–H groups in total. The lowest BCUT2D eigenvalue weighted by molar-refractivity contribution is -0.0581. The van der Waals surface area contributed by atoms with Crippen LogP contribution < -0.4 is 0 Å². The molecule has 2 nitrogen and oxygen atoms in total. The van der Waals surface area contributed by atoms with Crippen LogP contribution in [0.1, 0.15) is 39.5 Å². The third kappa shape index (κ3) is 2.05. The fourth-order valence-corrected chi connectivity index (χ4v) is 2.43. The molecule has 2 heteroatoms. The zero-order chi connectivity index (χ0) is 9.26. The average Bonchev–Trinajstić information content (AvgIpc) is 2.75. The molecular weight excluding hydrogens is 162 g/mol. The van der Waals surface area contributed by atoms with Crippen molar-refractivity contribution in [1.82, 2.24) is 4.90 Å². The van der Waals surface area contributed by atoms with Crippen molar-refractivity contribution in [3.63, 3.8) is 0 Å². The van der Waals surface area contributed by atoms with E-state index in [1.165, 1.54) is 38.8 Å². The molecule has 2 fully saturated rings. The minimum Gasteiger partial charge on any atom is -0.360 e. The van der Waals surface area contributed by atoms with E-state index in [2.05, 4.69) is 18.7 Å². The molecule has 2 heterocycles. The van der Waals surface area contributed by atoms with Crippen LogP contribution in [0.15, 0.2) is 0 Å². The van der Waals surface area contributed by atoms with E-state index in [-0.39, 0.29) is 0 Å². The highest BCUT2D eigenvalue weighted by atomic mass is 16.5. The van der Waals surface area contributed by atoms with Crippen LogP contribution in [0.3, 0.4) is 0 Å². The fourth-order valence-electron chi connectivity index (χ4n) is 2.43. The highest BCUT2D eigenvalue weighted by molar-refractivity contribution is 4.79. The Morgan fingerprint density at radius 1 is 1.15 bits per heavy atom. The number of likely N-dealkylation sites (tertiary alicyclic amines) is 1. The maximum absolute atomic E-state index is 6.03. The van der Waals surface area contributed by atoms with Crippen molar-refractivity contribution in [2.45, 2.75) is 51.9 Å². The molecule has 0 saturated carbocycles. The van der Waals surface area contributed by atoms with E-state index >= 15 is 0 Å². The molecule has 2 unspecified atom stereocenters. The van der Waals surface area contributed by atoms with Gasteiger partial charge in [0.2, 0.25) is 0 Å². The third-order valence-electron chi connectivity index (χ3n) is 3.32. The molecule has 0 aromatic rings. The number of ether oxygens (including phenoxy) is 1. The molecule has 0 radical (unpaired) electrons. The summed E-state index contributed by atoms with van der Waals surface area (Å²) in [7, 11) is 0. The van der Waals surface area contributed by atoms with Crippen LogP contribution in [-0.2, 0) is 4.74 Å². The summed E-state index contributed by atoms with van der Waals surface area (Å²) in [4.78, 5) is 2.52. The summed E-state index contributed by atoms with van der Waals surface area (Å²) in [6, 6.07) is 0. The molecule has 2 saturated heterocycles. The summed E-state index contributed by atoms with van der Waals surface area (Å²) in [5.41, 5.74) is 0. The lowest BCUT2D eigenvalue weighted by Gasteiger charge is -2.24. The number of nitrogens with zero attached hydrogens (tertiary/aromatic N) is 1. The van der Waals surface area contributed by atoms with E-state index in [1.54, 1.807) is 0 Å². The van der Waals surface area contributed by atoms with Crippen molar-refractivity contribution in [3.8, 4) is 0 Å². The summed E-state index contributed by atoms with van der Waals surface area (Å²) >= 11 is 0. The standard InChI is InChI=1S/C11H21NO/c1-9(2)10-5-6-11(13-10)12-7-3-4-8-12/h9-11H,3-8H2,1-2H3. The van der Waals surface area contributed by atoms with E-state index in [0.29, 0.717) is 18.2 Å². The fraction of sp³-hybridized carbons (Fsp3) is 1.00. The molecule has 0 aromatic heterocycles. The molecule has 0 amide bonds. The first-order valence-electron chi connectivity index (χ1n) is 5.67. The van der Waals surface area contributed by atoms with Crippen molar-refractivity contribution < 1.29 is 4.74 Å². The normalized spacial score (nSPS) is 36.2. The van der Waals surface area contributed by atoms with Crippen molar-refractivity contribution >= 4 is 0 Å². The number of hydrogen-bond donors (Lipinski definition) is 0. The second-order valence-corrected chi connectivity index (χ2v) is 4.69. The van der Waals surface area contributed by atoms with E-state index in [9.17, 15) is 0 Å². The second kappa shape index (κ2) is 3.97. The van der Waals surface area contributed by atoms with Gasteiger partial charge in [-0.1, -0.05) is 13.8 Å². The van der Waals surface area contributed by atoms with Crippen LogP contribution in [0, 0.1) is 5.92 Å². The van der Waals surface area contributed by atoms with E-state index in [4.69, 9.17) is 4.74 Å². The first-order valence-corrected chi connectivity index (χ1v) is 5.67. The highest BCUT2D eigenvalue weighted by Crippen LogP contribution is 2.28. The zero-order valence-electron chi connectivity index (χ0n) is 8.83. The Balaban J connectivity index is 1.83. The van der Waals surface area contributed by atoms with Crippen LogP contribution in [0.2, 0.25) is 0 Å². The van der Waals surface area contributed by atoms with Crippen LogP contribution >= 0.6 is 0 Å². The molecule has 2 aliphatic rings. The largest absolute Gasteiger partial charge is 0.360 e. The Morgan fingerprint density at radius 3 is 2.38 bits per heavy atom. The molecule has 0 bridgehead atoms. The van der Waals surface area contributed by atoms with Gasteiger partial charge in [0.25, 0.3) is 0 Å². The summed E-state index contributed by atoms with van der Waals surface area (Å²) < 4.78 is 6.03. The lowest BCUT2D eigenvalue weighted by Crippen LogP contribution is -2.33. The van der Waals surface area contributed by atoms with Gasteiger partial charge in [0.05, 0.1) is 6.10 Å². The van der Waals surface area contributed by atoms with Crippen LogP contribution in [0.25, 0.3) is 0 Å². The highest BCUT2D eigenvalue weighted by Gasteiger charge is 2.32. The Hall–Kier alpha value is -0.0800. The molecule has 2 atom stereocenters. The van der Waals surface area contributed by atoms with Gasteiger partial charge >= 0.3 is 0 Å². The van der Waals surface area contributed by atoms with Gasteiger partial charge in [-0.2, -0.15) is 0 Å². The van der Waals surface area contributed by atoms with Gasteiger partial charge in [-0.25, -0.2) is 0 Å². The molecule has 0 aliphatic carbocycles. The first-order chi connectivity index (χ1) is 6.27. The van der Waals surface area contributed by atoms with Crippen LogP contribution in [0.4, 0.5) is 0 Å². The lowest BCUT2D eigenvalue weighted by atomic mass is 10.0. The Morgan fingerprint density at radius 2 is 1.85 bits per heavy atom. The number of hydrogen-bond acceptors (Lipinski definition) is 2. The van der Waals surface area contributed by atoms with Gasteiger partial charge < -0.3 is 4.74 Å². The SMILES string of the molecule is CC(C)C1CCC(N2CCCC2)O1. The zero-order valence-corrected chi connectivity index (χ0v) is 8.83. The van der Waals surface area contributed by atoms with Gasteiger partial charge in [-0.05, 0) is 31.6 Å². The minimum atomic E-state index is 0.454. The molecule has 0 aromatic carbocycles. The molecular formula is C11H21NO. The van der Waals surface area contributed by atoms with Gasteiger partial charge in [0.1, 0.15) is 6.23 Å². The molecule has 76 valence electrons. The van der Waals surface area contributed by atoms with Crippen molar-refractivity contribution in [2.24, 2.45) is 5.92 Å². The Labute approximate surface area is 81.3 Å². The summed E-state index contributed by atoms with van der Waals surface area (Å²) in [6.45, 7) is 7.04. The maximum Gasteiger partial charge on any atom is 0.111 e. The predicted octanol–water partition coefficient (Wildman–Crippen LogP) is 2.24. The summed E-state index contributed by atoms with van der Waals surface area (Å²) in [6.07, 6.45) is 6.22. The predicted molar refractivity (Wildman–Crippen MR) is 53.5 cm³/mol. The van der Waals surface area contributed by atoms with E-state index in [0.717, 1.165) is 0 Å². The van der Waals surface area contributed by atoms with Gasteiger partial charge in [-0.3, -0.25) is 4.90 Å². The smallest absolute Gasteiger partial charge is 0.111 e. The summed E-state index contributed by atoms with van der Waals surface area (Å²) in [5, 5.41) is 0. The Kier molecular flexibility index (Phi) is 2.89. The summed E-state index contributed by atoms with van der Waals surface area (Å²) in [5.74, 6) is 0.688. The minimum absolute atomic E-state index is 0.454. The molecule has 2 rings (SSSR count). The molecule has 13 heavy (non-hydrogen) atoms. The van der Waals surface area contributed by atoms with Crippen LogP contribution in [0.5, 0.6) is 0 Å². The third-order valence-corrected chi connectivity index (χ3v) is 3.32. The van der Waals surface area contributed by atoms with E-state index < -0.39 is 0 Å². The second-order valence-electron chi connectivity index (χ2n) is 4.69. The Bertz CT molecular complexity index is 163. The maximum atomic E-state index is 6.03. The topological polar surface area (TPSA) is 12.5 Å². The average molecular weight is 183 g/mol. The quantitative estimate of drug-likeness (QED) is 0.651. The first kappa shape index (κ1) is 9.47. The van der Waals surface area contributed by atoms with E-state index in [1.807, 2.05) is 0 Å². The van der Waals surface area contributed by atoms with Gasteiger partial charge in [0, 0.05) is 13.1 Å². The number of rotatable bonds is 2. The van der Waals surface area contributed by atoms with Crippen LogP contribution in [-0.4, -0.2) is 30.3 Å². The van der Waals surface area contributed by atoms with Crippen molar-refractivity contribution in [3.05, 3.63) is 0 Å². The van der Waals surface area contributed by atoms with Crippen molar-refractivity contribution in [2.75, 3.05) is 13.1 Å². The molecule has 0 spiro atoms.